The van der Waals surface area contributed by atoms with Crippen LogP contribution in [0.25, 0.3) is 0 Å². The minimum Gasteiger partial charge on any atom is -0.493 e. The number of benzene rings is 2. The zero-order valence-corrected chi connectivity index (χ0v) is 12.2. The molecule has 1 N–H and O–H groups in total. The Kier molecular flexibility index (Phi) is 3.22. The van der Waals surface area contributed by atoms with Crippen molar-refractivity contribution in [2.45, 2.75) is 19.4 Å². The van der Waals surface area contributed by atoms with E-state index in [4.69, 9.17) is 9.47 Å². The standard InChI is InChI=1S/C18H17NO3/c20-18(19-11-12-4-2-1-3-5-12)16-14-7-9-21-15(14)10-13-6-8-22-17(13)16/h1-5,10H,6-9,11H2,(H,19,20). The van der Waals surface area contributed by atoms with Crippen LogP contribution in [0, 0.1) is 0 Å². The largest absolute Gasteiger partial charge is 0.493 e. The van der Waals surface area contributed by atoms with Gasteiger partial charge in [0.2, 0.25) is 0 Å². The number of nitrogens with one attached hydrogen (secondary N) is 1. The molecule has 0 saturated carbocycles. The van der Waals surface area contributed by atoms with Crippen LogP contribution in [0.3, 0.4) is 0 Å². The average Bonchev–Trinajstić information content (AvgIpc) is 3.19. The lowest BCUT2D eigenvalue weighted by Crippen LogP contribution is -2.24. The Hall–Kier alpha value is -2.49. The first kappa shape index (κ1) is 13.2. The van der Waals surface area contributed by atoms with Gasteiger partial charge in [-0.1, -0.05) is 30.3 Å². The van der Waals surface area contributed by atoms with Crippen LogP contribution >= 0.6 is 0 Å². The molecule has 4 heteroatoms. The molecule has 2 heterocycles. The summed E-state index contributed by atoms with van der Waals surface area (Å²) in [7, 11) is 0. The minimum absolute atomic E-state index is 0.0793. The molecule has 0 atom stereocenters. The van der Waals surface area contributed by atoms with Crippen LogP contribution in [0.5, 0.6) is 11.5 Å². The third kappa shape index (κ3) is 2.21. The van der Waals surface area contributed by atoms with Crippen molar-refractivity contribution in [3.8, 4) is 11.5 Å². The minimum atomic E-state index is -0.0793. The number of hydrogen-bond acceptors (Lipinski definition) is 3. The van der Waals surface area contributed by atoms with Crippen molar-refractivity contribution < 1.29 is 14.3 Å². The highest BCUT2D eigenvalue weighted by atomic mass is 16.5. The fourth-order valence-corrected chi connectivity index (χ4v) is 3.09. The van der Waals surface area contributed by atoms with E-state index in [0.29, 0.717) is 25.3 Å². The summed E-state index contributed by atoms with van der Waals surface area (Å²) in [6.45, 7) is 1.79. The molecule has 4 nitrogen and oxygen atoms in total. The lowest BCUT2D eigenvalue weighted by atomic mass is 9.99. The number of amides is 1. The van der Waals surface area contributed by atoms with Crippen LogP contribution < -0.4 is 14.8 Å². The Bertz CT molecular complexity index is 693. The molecule has 0 saturated heterocycles. The fourth-order valence-electron chi connectivity index (χ4n) is 3.09. The van der Waals surface area contributed by atoms with Crippen LogP contribution in [0.1, 0.15) is 27.0 Å². The number of ether oxygens (including phenoxy) is 2. The monoisotopic (exact) mass is 295 g/mol. The first-order valence-electron chi connectivity index (χ1n) is 7.59. The van der Waals surface area contributed by atoms with Gasteiger partial charge in [-0.05, 0) is 11.6 Å². The molecule has 0 aromatic heterocycles. The van der Waals surface area contributed by atoms with Crippen LogP contribution in [0.2, 0.25) is 0 Å². The van der Waals surface area contributed by atoms with E-state index in [1.807, 2.05) is 36.4 Å². The van der Waals surface area contributed by atoms with Crippen molar-refractivity contribution in [3.63, 3.8) is 0 Å². The maximum atomic E-state index is 12.7. The Morgan fingerprint density at radius 1 is 1.09 bits per heavy atom. The van der Waals surface area contributed by atoms with Gasteiger partial charge in [-0.3, -0.25) is 4.79 Å². The molecular formula is C18H17NO3. The topological polar surface area (TPSA) is 47.6 Å². The van der Waals surface area contributed by atoms with Crippen molar-refractivity contribution in [3.05, 3.63) is 58.7 Å². The number of carbonyl (C=O) groups excluding carboxylic acids is 1. The van der Waals surface area contributed by atoms with Crippen LogP contribution in [0.4, 0.5) is 0 Å². The maximum absolute atomic E-state index is 12.7. The normalized spacial score (nSPS) is 14.7. The first-order chi connectivity index (χ1) is 10.8. The summed E-state index contributed by atoms with van der Waals surface area (Å²) in [6.07, 6.45) is 1.60. The third-order valence-corrected chi connectivity index (χ3v) is 4.17. The predicted molar refractivity (Wildman–Crippen MR) is 82.5 cm³/mol. The predicted octanol–water partition coefficient (Wildman–Crippen LogP) is 2.49. The van der Waals surface area contributed by atoms with Gasteiger partial charge in [0, 0.05) is 30.5 Å². The second kappa shape index (κ2) is 5.37. The molecule has 2 aromatic rings. The van der Waals surface area contributed by atoms with Gasteiger partial charge in [0.25, 0.3) is 5.91 Å². The van der Waals surface area contributed by atoms with Crippen molar-refractivity contribution in [2.24, 2.45) is 0 Å². The summed E-state index contributed by atoms with van der Waals surface area (Å²) >= 11 is 0. The number of rotatable bonds is 3. The van der Waals surface area contributed by atoms with Crippen LogP contribution in [-0.4, -0.2) is 19.1 Å². The van der Waals surface area contributed by atoms with Crippen LogP contribution in [-0.2, 0) is 19.4 Å². The maximum Gasteiger partial charge on any atom is 0.255 e. The highest BCUT2D eigenvalue weighted by Crippen LogP contribution is 2.40. The molecular weight excluding hydrogens is 278 g/mol. The van der Waals surface area contributed by atoms with Gasteiger partial charge < -0.3 is 14.8 Å². The van der Waals surface area contributed by atoms with Gasteiger partial charge in [-0.25, -0.2) is 0 Å². The van der Waals surface area contributed by atoms with Gasteiger partial charge in [-0.15, -0.1) is 0 Å². The van der Waals surface area contributed by atoms with E-state index in [-0.39, 0.29) is 5.91 Å². The lowest BCUT2D eigenvalue weighted by molar-refractivity contribution is 0.0947. The summed E-state index contributed by atoms with van der Waals surface area (Å²) in [6, 6.07) is 11.9. The highest BCUT2D eigenvalue weighted by molar-refractivity contribution is 6.00. The van der Waals surface area contributed by atoms with E-state index in [2.05, 4.69) is 5.32 Å². The zero-order valence-electron chi connectivity index (χ0n) is 12.2. The second-order valence-corrected chi connectivity index (χ2v) is 5.58. The summed E-state index contributed by atoms with van der Waals surface area (Å²) in [5.41, 5.74) is 3.80. The Morgan fingerprint density at radius 2 is 1.91 bits per heavy atom. The lowest BCUT2D eigenvalue weighted by Gasteiger charge is -2.13. The molecule has 0 fully saturated rings. The molecule has 2 aliphatic heterocycles. The summed E-state index contributed by atoms with van der Waals surface area (Å²) in [5.74, 6) is 1.51. The zero-order chi connectivity index (χ0) is 14.9. The van der Waals surface area contributed by atoms with Crippen molar-refractivity contribution in [2.75, 3.05) is 13.2 Å². The first-order valence-corrected chi connectivity index (χ1v) is 7.59. The molecule has 2 aromatic carbocycles. The van der Waals surface area contributed by atoms with E-state index in [0.717, 1.165) is 41.0 Å². The van der Waals surface area contributed by atoms with Crippen molar-refractivity contribution >= 4 is 5.91 Å². The number of fused-ring (bicyclic) bond motifs is 2. The van der Waals surface area contributed by atoms with Crippen molar-refractivity contribution in [1.29, 1.82) is 0 Å². The molecule has 22 heavy (non-hydrogen) atoms. The molecule has 1 amide bonds. The van der Waals surface area contributed by atoms with E-state index in [1.165, 1.54) is 0 Å². The van der Waals surface area contributed by atoms with E-state index in [9.17, 15) is 4.79 Å². The number of carbonyl (C=O) groups is 1. The Morgan fingerprint density at radius 3 is 2.77 bits per heavy atom. The SMILES string of the molecule is O=C(NCc1ccccc1)c1c2c(cc3c1OCC3)OCC2. The van der Waals surface area contributed by atoms with Gasteiger partial charge in [-0.2, -0.15) is 0 Å². The van der Waals surface area contributed by atoms with Gasteiger partial charge in [0.1, 0.15) is 11.5 Å². The molecule has 112 valence electrons. The Balaban J connectivity index is 1.63. The van der Waals surface area contributed by atoms with Crippen LogP contribution in [0.15, 0.2) is 36.4 Å². The van der Waals surface area contributed by atoms with E-state index >= 15 is 0 Å². The molecule has 0 bridgehead atoms. The average molecular weight is 295 g/mol. The summed E-state index contributed by atoms with van der Waals surface area (Å²) < 4.78 is 11.4. The quantitative estimate of drug-likeness (QED) is 0.946. The smallest absolute Gasteiger partial charge is 0.255 e. The molecule has 2 aliphatic rings. The molecule has 0 spiro atoms. The van der Waals surface area contributed by atoms with E-state index in [1.54, 1.807) is 0 Å². The second-order valence-electron chi connectivity index (χ2n) is 5.58. The van der Waals surface area contributed by atoms with Gasteiger partial charge in [0.15, 0.2) is 0 Å². The highest BCUT2D eigenvalue weighted by Gasteiger charge is 2.29. The number of hydrogen-bond donors (Lipinski definition) is 1. The van der Waals surface area contributed by atoms with Gasteiger partial charge >= 0.3 is 0 Å². The van der Waals surface area contributed by atoms with Gasteiger partial charge in [0.05, 0.1) is 18.8 Å². The molecule has 0 aliphatic carbocycles. The molecule has 0 unspecified atom stereocenters. The molecule has 0 radical (unpaired) electrons. The third-order valence-electron chi connectivity index (χ3n) is 4.17. The van der Waals surface area contributed by atoms with Crippen molar-refractivity contribution in [1.82, 2.24) is 5.32 Å². The fraction of sp³-hybridized carbons (Fsp3) is 0.278. The molecule has 4 rings (SSSR count). The van der Waals surface area contributed by atoms with E-state index < -0.39 is 0 Å². The summed E-state index contributed by atoms with van der Waals surface area (Å²) in [4.78, 5) is 12.7. The summed E-state index contributed by atoms with van der Waals surface area (Å²) in [5, 5.41) is 3.00. The Labute approximate surface area is 129 Å².